The van der Waals surface area contributed by atoms with Gasteiger partial charge in [-0.3, -0.25) is 0 Å². The third kappa shape index (κ3) is 3.32. The van der Waals surface area contributed by atoms with E-state index >= 15 is 0 Å². The van der Waals surface area contributed by atoms with E-state index < -0.39 is 10.0 Å². The number of hydrogen-bond acceptors (Lipinski definition) is 4. The van der Waals surface area contributed by atoms with Gasteiger partial charge in [-0.15, -0.1) is 11.3 Å². The second kappa shape index (κ2) is 5.69. The van der Waals surface area contributed by atoms with Crippen molar-refractivity contribution in [3.63, 3.8) is 0 Å². The molecule has 2 unspecified atom stereocenters. The lowest BCUT2D eigenvalue weighted by atomic mass is 10.2. The first kappa shape index (κ1) is 14.0. The van der Waals surface area contributed by atoms with Gasteiger partial charge in [0.15, 0.2) is 0 Å². The van der Waals surface area contributed by atoms with Crippen LogP contribution in [0.5, 0.6) is 0 Å². The largest absolute Gasteiger partial charge is 0.315 e. The van der Waals surface area contributed by atoms with Crippen LogP contribution < -0.4 is 10.0 Å². The molecule has 1 aliphatic carbocycles. The summed E-state index contributed by atoms with van der Waals surface area (Å²) in [4.78, 5) is 1.44. The fourth-order valence-corrected chi connectivity index (χ4v) is 4.72. The third-order valence-electron chi connectivity index (χ3n) is 3.18. The van der Waals surface area contributed by atoms with Gasteiger partial charge in [0.2, 0.25) is 10.0 Å². The fraction of sp³-hybridized carbons (Fsp3) is 0.667. The highest BCUT2D eigenvalue weighted by Gasteiger charge is 2.39. The molecule has 6 heteroatoms. The molecule has 1 heterocycles. The van der Waals surface area contributed by atoms with E-state index in [0.717, 1.165) is 24.1 Å². The second-order valence-electron chi connectivity index (χ2n) is 4.79. The van der Waals surface area contributed by atoms with Gasteiger partial charge in [-0.25, -0.2) is 13.1 Å². The predicted molar refractivity (Wildman–Crippen MR) is 74.2 cm³/mol. The van der Waals surface area contributed by atoms with Crippen molar-refractivity contribution in [2.75, 3.05) is 7.05 Å². The monoisotopic (exact) mass is 288 g/mol. The molecule has 0 saturated heterocycles. The van der Waals surface area contributed by atoms with E-state index in [-0.39, 0.29) is 6.04 Å². The van der Waals surface area contributed by atoms with Gasteiger partial charge in [0.05, 0.1) is 4.90 Å². The van der Waals surface area contributed by atoms with Crippen LogP contribution in [0.15, 0.2) is 16.3 Å². The summed E-state index contributed by atoms with van der Waals surface area (Å²) in [6.07, 6.45) is 3.22. The van der Waals surface area contributed by atoms with E-state index in [4.69, 9.17) is 0 Å². The molecule has 102 valence electrons. The molecule has 1 aromatic heterocycles. The highest BCUT2D eigenvalue weighted by molar-refractivity contribution is 7.89. The minimum atomic E-state index is -3.31. The molecule has 4 nitrogen and oxygen atoms in total. The zero-order chi connectivity index (χ0) is 13.2. The van der Waals surface area contributed by atoms with Crippen LogP contribution in [0, 0.1) is 5.92 Å². The van der Waals surface area contributed by atoms with Crippen molar-refractivity contribution in [2.45, 2.75) is 43.7 Å². The maximum Gasteiger partial charge on any atom is 0.241 e. The van der Waals surface area contributed by atoms with E-state index in [2.05, 4.69) is 17.0 Å². The quantitative estimate of drug-likeness (QED) is 0.806. The Labute approximate surface area is 113 Å². The van der Waals surface area contributed by atoms with E-state index in [0.29, 0.717) is 17.4 Å². The van der Waals surface area contributed by atoms with Crippen LogP contribution in [-0.4, -0.2) is 21.5 Å². The molecular weight excluding hydrogens is 268 g/mol. The molecule has 0 bridgehead atoms. The van der Waals surface area contributed by atoms with Crippen LogP contribution in [0.4, 0.5) is 0 Å². The fourth-order valence-electron chi connectivity index (χ4n) is 2.12. The summed E-state index contributed by atoms with van der Waals surface area (Å²) < 4.78 is 27.0. The zero-order valence-corrected chi connectivity index (χ0v) is 12.4. The number of rotatable bonds is 7. The molecule has 18 heavy (non-hydrogen) atoms. The lowest BCUT2D eigenvalue weighted by Crippen LogP contribution is -2.26. The van der Waals surface area contributed by atoms with Gasteiger partial charge >= 0.3 is 0 Å². The Bertz CT molecular complexity index is 496. The van der Waals surface area contributed by atoms with Gasteiger partial charge in [-0.2, -0.15) is 0 Å². The van der Waals surface area contributed by atoms with E-state index in [1.54, 1.807) is 11.4 Å². The van der Waals surface area contributed by atoms with Crippen LogP contribution in [-0.2, 0) is 16.6 Å². The lowest BCUT2D eigenvalue weighted by molar-refractivity contribution is 0.573. The van der Waals surface area contributed by atoms with Crippen LogP contribution in [0.25, 0.3) is 0 Å². The lowest BCUT2D eigenvalue weighted by Gasteiger charge is -2.03. The molecule has 0 aromatic carbocycles. The smallest absolute Gasteiger partial charge is 0.241 e. The Balaban J connectivity index is 1.98. The van der Waals surface area contributed by atoms with Crippen molar-refractivity contribution in [3.05, 3.63) is 16.3 Å². The molecule has 0 spiro atoms. The van der Waals surface area contributed by atoms with Crippen LogP contribution in [0.1, 0.15) is 31.1 Å². The van der Waals surface area contributed by atoms with Crippen LogP contribution >= 0.6 is 11.3 Å². The Hall–Kier alpha value is -0.430. The summed E-state index contributed by atoms with van der Waals surface area (Å²) in [5, 5.41) is 4.74. The first-order valence-corrected chi connectivity index (χ1v) is 8.67. The molecule has 1 saturated carbocycles. The number of hydrogen-bond donors (Lipinski definition) is 2. The molecule has 2 atom stereocenters. The first-order chi connectivity index (χ1) is 8.56. The molecule has 1 fully saturated rings. The van der Waals surface area contributed by atoms with Crippen molar-refractivity contribution < 1.29 is 8.42 Å². The van der Waals surface area contributed by atoms with Crippen molar-refractivity contribution in [1.82, 2.24) is 10.0 Å². The topological polar surface area (TPSA) is 58.2 Å². The van der Waals surface area contributed by atoms with E-state index in [1.807, 2.05) is 7.05 Å². The Morgan fingerprint density at radius 2 is 2.28 bits per heavy atom. The summed E-state index contributed by atoms with van der Waals surface area (Å²) >= 11 is 1.48. The van der Waals surface area contributed by atoms with E-state index in [9.17, 15) is 8.42 Å². The summed E-state index contributed by atoms with van der Waals surface area (Å²) in [6.45, 7) is 2.84. The normalized spacial score (nSPS) is 23.2. The third-order valence-corrected chi connectivity index (χ3v) is 5.73. The maximum absolute atomic E-state index is 12.1. The molecule has 2 N–H and O–H groups in total. The molecule has 2 rings (SSSR count). The highest BCUT2D eigenvalue weighted by atomic mass is 32.2. The SMILES string of the molecule is CCCC1CC1NS(=O)(=O)c1csc(CNC)c1. The first-order valence-electron chi connectivity index (χ1n) is 6.31. The summed E-state index contributed by atoms with van der Waals surface area (Å²) in [5.41, 5.74) is 0. The average Bonchev–Trinajstić information content (AvgIpc) is 2.84. The van der Waals surface area contributed by atoms with Crippen molar-refractivity contribution in [1.29, 1.82) is 0 Å². The molecule has 0 amide bonds. The van der Waals surface area contributed by atoms with Gasteiger partial charge in [-0.05, 0) is 31.9 Å². The van der Waals surface area contributed by atoms with Gasteiger partial charge in [-0.1, -0.05) is 13.3 Å². The minimum Gasteiger partial charge on any atom is -0.315 e. The molecule has 1 aromatic rings. The maximum atomic E-state index is 12.1. The summed E-state index contributed by atoms with van der Waals surface area (Å²) in [5.74, 6) is 0.542. The van der Waals surface area contributed by atoms with Crippen molar-refractivity contribution in [3.8, 4) is 0 Å². The average molecular weight is 288 g/mol. The number of nitrogens with one attached hydrogen (secondary N) is 2. The Morgan fingerprint density at radius 1 is 1.50 bits per heavy atom. The van der Waals surface area contributed by atoms with Gasteiger partial charge in [0.1, 0.15) is 0 Å². The Morgan fingerprint density at radius 3 is 2.94 bits per heavy atom. The number of thiophene rings is 1. The van der Waals surface area contributed by atoms with Gasteiger partial charge in [0.25, 0.3) is 0 Å². The summed E-state index contributed by atoms with van der Waals surface area (Å²) in [7, 11) is -1.46. The summed E-state index contributed by atoms with van der Waals surface area (Å²) in [6, 6.07) is 1.91. The highest BCUT2D eigenvalue weighted by Crippen LogP contribution is 2.36. The standard InChI is InChI=1S/C12H20N2O2S2/c1-3-4-9-5-12(9)14-18(15,16)11-6-10(7-13-2)17-8-11/h6,8-9,12-14H,3-5,7H2,1-2H3. The second-order valence-corrected chi connectivity index (χ2v) is 7.50. The minimum absolute atomic E-state index is 0.155. The number of sulfonamides is 1. The van der Waals surface area contributed by atoms with Crippen molar-refractivity contribution in [2.24, 2.45) is 5.92 Å². The van der Waals surface area contributed by atoms with Crippen LogP contribution in [0.2, 0.25) is 0 Å². The molecule has 1 aliphatic rings. The Kier molecular flexibility index (Phi) is 4.42. The molecule has 0 radical (unpaired) electrons. The molecule has 0 aliphatic heterocycles. The van der Waals surface area contributed by atoms with Crippen LogP contribution in [0.3, 0.4) is 0 Å². The van der Waals surface area contributed by atoms with Gasteiger partial charge < -0.3 is 5.32 Å². The van der Waals surface area contributed by atoms with E-state index in [1.165, 1.54) is 11.3 Å². The van der Waals surface area contributed by atoms with Gasteiger partial charge in [0, 0.05) is 22.8 Å². The molecular formula is C12H20N2O2S2. The predicted octanol–water partition coefficient (Wildman–Crippen LogP) is 1.93. The zero-order valence-electron chi connectivity index (χ0n) is 10.8. The van der Waals surface area contributed by atoms with Crippen molar-refractivity contribution >= 4 is 21.4 Å².